The van der Waals surface area contributed by atoms with Crippen LogP contribution in [0, 0.1) is 0 Å². The van der Waals surface area contributed by atoms with Crippen molar-refractivity contribution >= 4 is 63.0 Å². The van der Waals surface area contributed by atoms with Crippen molar-refractivity contribution in [1.29, 1.82) is 0 Å². The number of rotatable bonds is 6. The van der Waals surface area contributed by atoms with Crippen LogP contribution in [0.4, 0.5) is 22.0 Å². The van der Waals surface area contributed by atoms with Crippen LogP contribution in [0.2, 0.25) is 0 Å². The van der Waals surface area contributed by atoms with Crippen LogP contribution in [0.5, 0.6) is 0 Å². The predicted molar refractivity (Wildman–Crippen MR) is 153 cm³/mol. The molecule has 216 valence electrons. The molecule has 0 radical (unpaired) electrons. The van der Waals surface area contributed by atoms with Gasteiger partial charge in [-0.2, -0.15) is 0 Å². The molecule has 0 aliphatic heterocycles. The number of anilines is 3. The maximum absolute atomic E-state index is 12.9. The van der Waals surface area contributed by atoms with Crippen molar-refractivity contribution in [3.8, 4) is 0 Å². The second-order valence-electron chi connectivity index (χ2n) is 10.3. The molecule has 0 spiro atoms. The average Bonchev–Trinajstić information content (AvgIpc) is 3.63. The van der Waals surface area contributed by atoms with Crippen LogP contribution in [0.25, 0.3) is 21.9 Å². The number of amides is 3. The molecule has 0 unspecified atom stereocenters. The first kappa shape index (κ1) is 28.0. The first-order valence-electron chi connectivity index (χ1n) is 12.7. The van der Waals surface area contributed by atoms with Crippen molar-refractivity contribution < 1.29 is 37.5 Å². The topological polar surface area (TPSA) is 167 Å². The highest BCUT2D eigenvalue weighted by Gasteiger charge is 2.20. The number of aromatic nitrogens is 2. The van der Waals surface area contributed by atoms with Crippen LogP contribution in [0.3, 0.4) is 0 Å². The molecule has 3 N–H and O–H groups in total. The van der Waals surface area contributed by atoms with E-state index in [1.807, 2.05) is 0 Å². The zero-order chi connectivity index (χ0) is 30.2. The third kappa shape index (κ3) is 6.09. The van der Waals surface area contributed by atoms with Crippen molar-refractivity contribution in [2.45, 2.75) is 26.4 Å². The van der Waals surface area contributed by atoms with Crippen LogP contribution < -0.4 is 16.0 Å². The molecule has 3 heterocycles. The van der Waals surface area contributed by atoms with Gasteiger partial charge in [-0.25, -0.2) is 14.6 Å². The van der Waals surface area contributed by atoms with Crippen LogP contribution in [0.15, 0.2) is 63.6 Å². The molecule has 0 bridgehead atoms. The molecule has 5 rings (SSSR count). The van der Waals surface area contributed by atoms with Gasteiger partial charge in [-0.15, -0.1) is 0 Å². The Labute approximate surface area is 238 Å². The van der Waals surface area contributed by atoms with Crippen LogP contribution in [-0.2, 0) is 16.5 Å². The maximum Gasteiger partial charge on any atom is 0.412 e. The Morgan fingerprint density at radius 2 is 1.36 bits per heavy atom. The van der Waals surface area contributed by atoms with Gasteiger partial charge in [0, 0.05) is 35.4 Å². The minimum Gasteiger partial charge on any atom is -0.463 e. The lowest BCUT2D eigenvalue weighted by atomic mass is 10.2. The fourth-order valence-corrected chi connectivity index (χ4v) is 4.07. The first-order valence-corrected chi connectivity index (χ1v) is 12.7. The molecule has 0 aliphatic rings. The summed E-state index contributed by atoms with van der Waals surface area (Å²) in [6, 6.07) is 12.9. The van der Waals surface area contributed by atoms with Crippen molar-refractivity contribution in [2.24, 2.45) is 7.05 Å². The predicted octanol–water partition coefficient (Wildman–Crippen LogP) is 5.55. The summed E-state index contributed by atoms with van der Waals surface area (Å²) in [6.45, 7) is 5.30. The Morgan fingerprint density at radius 1 is 0.810 bits per heavy atom. The van der Waals surface area contributed by atoms with Gasteiger partial charge in [0.2, 0.25) is 5.82 Å². The number of carbonyl (C=O) groups excluding carboxylic acids is 4. The lowest BCUT2D eigenvalue weighted by Gasteiger charge is -2.19. The van der Waals surface area contributed by atoms with Gasteiger partial charge in [-0.3, -0.25) is 14.9 Å². The SMILES string of the molecule is COC(=O)c1nc(NC(=O)c2cc3cc(NC(=O)c4cc5cc(NC(=O)OC(C)(C)C)ccc5o4)ccc3o2)cn1C. The lowest BCUT2D eigenvalue weighted by Crippen LogP contribution is -2.27. The zero-order valence-corrected chi connectivity index (χ0v) is 23.4. The molecule has 0 saturated carbocycles. The Morgan fingerprint density at radius 3 is 1.90 bits per heavy atom. The summed E-state index contributed by atoms with van der Waals surface area (Å²) in [4.78, 5) is 53.6. The number of imidazole rings is 1. The molecule has 2 aromatic carbocycles. The van der Waals surface area contributed by atoms with Gasteiger partial charge >= 0.3 is 12.1 Å². The minimum atomic E-state index is -0.640. The number of fused-ring (bicyclic) bond motifs is 2. The van der Waals surface area contributed by atoms with Gasteiger partial charge in [0.15, 0.2) is 17.3 Å². The van der Waals surface area contributed by atoms with Crippen molar-refractivity contribution in [1.82, 2.24) is 9.55 Å². The van der Waals surface area contributed by atoms with E-state index in [4.69, 9.17) is 13.6 Å². The number of hydrogen-bond acceptors (Lipinski definition) is 9. The number of benzene rings is 2. The quantitative estimate of drug-likeness (QED) is 0.221. The molecule has 13 heteroatoms. The summed E-state index contributed by atoms with van der Waals surface area (Å²) in [5, 5.41) is 9.18. The molecule has 0 aliphatic carbocycles. The van der Waals surface area contributed by atoms with E-state index < -0.39 is 29.5 Å². The summed E-state index contributed by atoms with van der Waals surface area (Å²) in [6.07, 6.45) is 0.875. The number of furan rings is 2. The van der Waals surface area contributed by atoms with E-state index in [1.165, 1.54) is 23.9 Å². The molecule has 42 heavy (non-hydrogen) atoms. The number of hydrogen-bond donors (Lipinski definition) is 3. The summed E-state index contributed by atoms with van der Waals surface area (Å²) in [7, 11) is 2.83. The first-order chi connectivity index (χ1) is 19.9. The smallest absolute Gasteiger partial charge is 0.412 e. The third-order valence-corrected chi connectivity index (χ3v) is 5.87. The van der Waals surface area contributed by atoms with E-state index in [2.05, 4.69) is 25.7 Å². The van der Waals surface area contributed by atoms with Gasteiger partial charge in [0.25, 0.3) is 11.8 Å². The minimum absolute atomic E-state index is 0.00632. The molecule has 3 amide bonds. The number of carbonyl (C=O) groups is 4. The van der Waals surface area contributed by atoms with Crippen molar-refractivity contribution in [3.05, 3.63) is 72.1 Å². The highest BCUT2D eigenvalue weighted by molar-refractivity contribution is 6.07. The van der Waals surface area contributed by atoms with Gasteiger partial charge in [-0.1, -0.05) is 0 Å². The van der Waals surface area contributed by atoms with E-state index in [-0.39, 0.29) is 23.2 Å². The molecule has 0 atom stereocenters. The number of nitrogens with one attached hydrogen (secondary N) is 3. The molecular weight excluding hydrogens is 546 g/mol. The van der Waals surface area contributed by atoms with E-state index >= 15 is 0 Å². The summed E-state index contributed by atoms with van der Waals surface area (Å²) in [5.74, 6) is -1.46. The number of methoxy groups -OCH3 is 1. The normalized spacial score (nSPS) is 11.4. The number of aryl methyl sites for hydroxylation is 1. The Hall–Kier alpha value is -5.59. The van der Waals surface area contributed by atoms with Gasteiger partial charge in [0.05, 0.1) is 7.11 Å². The van der Waals surface area contributed by atoms with E-state index in [0.29, 0.717) is 33.3 Å². The summed E-state index contributed by atoms with van der Waals surface area (Å²) < 4.78 is 22.7. The summed E-state index contributed by atoms with van der Waals surface area (Å²) in [5.41, 5.74) is 1.17. The molecular formula is C29H27N5O8. The van der Waals surface area contributed by atoms with Crippen LogP contribution in [0.1, 0.15) is 52.5 Å². The monoisotopic (exact) mass is 573 g/mol. The zero-order valence-electron chi connectivity index (χ0n) is 23.4. The molecule has 3 aromatic heterocycles. The van der Waals surface area contributed by atoms with Crippen LogP contribution in [-0.4, -0.2) is 46.1 Å². The molecule has 0 saturated heterocycles. The van der Waals surface area contributed by atoms with E-state index in [9.17, 15) is 19.2 Å². The van der Waals surface area contributed by atoms with E-state index in [0.717, 1.165) is 0 Å². The molecule has 0 fully saturated rings. The highest BCUT2D eigenvalue weighted by Crippen LogP contribution is 2.27. The molecule has 13 nitrogen and oxygen atoms in total. The van der Waals surface area contributed by atoms with E-state index in [1.54, 1.807) is 70.3 Å². The second kappa shape index (κ2) is 10.8. The third-order valence-electron chi connectivity index (χ3n) is 5.87. The van der Waals surface area contributed by atoms with Gasteiger partial charge in [0.1, 0.15) is 16.8 Å². The highest BCUT2D eigenvalue weighted by atomic mass is 16.6. The second-order valence-corrected chi connectivity index (χ2v) is 10.3. The largest absolute Gasteiger partial charge is 0.463 e. The fourth-order valence-electron chi connectivity index (χ4n) is 4.07. The number of ether oxygens (including phenoxy) is 2. The van der Waals surface area contributed by atoms with Gasteiger partial charge < -0.3 is 33.5 Å². The molecule has 5 aromatic rings. The average molecular weight is 574 g/mol. The van der Waals surface area contributed by atoms with Crippen molar-refractivity contribution in [2.75, 3.05) is 23.1 Å². The lowest BCUT2D eigenvalue weighted by molar-refractivity contribution is 0.0580. The number of esters is 1. The van der Waals surface area contributed by atoms with Crippen LogP contribution >= 0.6 is 0 Å². The maximum atomic E-state index is 12.9. The number of nitrogens with zero attached hydrogens (tertiary/aromatic N) is 2. The van der Waals surface area contributed by atoms with Gasteiger partial charge in [-0.05, 0) is 69.3 Å². The Bertz CT molecular complexity index is 1860. The van der Waals surface area contributed by atoms with Crippen molar-refractivity contribution in [3.63, 3.8) is 0 Å². The Balaban J connectivity index is 1.27. The Kier molecular flexibility index (Phi) is 7.17. The fraction of sp³-hybridized carbons (Fsp3) is 0.207. The summed E-state index contributed by atoms with van der Waals surface area (Å²) >= 11 is 0. The standard InChI is InChI=1S/C29H27N5O8/c1-29(2,3)42-28(38)31-18-7-9-20-16(11-18)12-21(40-20)25(35)30-17-6-8-19-15(10-17)13-22(41-19)26(36)33-23-14-34(4)24(32-23)27(37)39-5/h6-14H,1-5H3,(H,30,35)(H,31,38)(H,33,36).